The lowest BCUT2D eigenvalue weighted by Gasteiger charge is -2.37. The SMILES string of the molecule is O=C([C@@H]1CCCO1)N1CCN(c2ccc(-c3cc4nccnc4c(NC[C@@H]4CNCCO4)n3)cc2)CC1. The quantitative estimate of drug-likeness (QED) is 0.522. The second-order valence-corrected chi connectivity index (χ2v) is 9.72. The summed E-state index contributed by atoms with van der Waals surface area (Å²) in [5, 5.41) is 6.79. The van der Waals surface area contributed by atoms with E-state index >= 15 is 0 Å². The Morgan fingerprint density at radius 3 is 2.65 bits per heavy atom. The van der Waals surface area contributed by atoms with Crippen LogP contribution < -0.4 is 15.5 Å². The first-order valence-electron chi connectivity index (χ1n) is 13.2. The van der Waals surface area contributed by atoms with Crippen LogP contribution in [0.15, 0.2) is 42.7 Å². The van der Waals surface area contributed by atoms with Gasteiger partial charge in [-0.2, -0.15) is 0 Å². The van der Waals surface area contributed by atoms with Crippen LogP contribution in [-0.2, 0) is 14.3 Å². The van der Waals surface area contributed by atoms with Crippen LogP contribution in [0.25, 0.3) is 22.3 Å². The maximum absolute atomic E-state index is 12.7. The third-order valence-corrected chi connectivity index (χ3v) is 7.28. The molecule has 0 radical (unpaired) electrons. The second-order valence-electron chi connectivity index (χ2n) is 9.72. The van der Waals surface area contributed by atoms with Crippen molar-refractivity contribution >= 4 is 28.4 Å². The number of rotatable bonds is 6. The van der Waals surface area contributed by atoms with Crippen LogP contribution in [0.2, 0.25) is 0 Å². The summed E-state index contributed by atoms with van der Waals surface area (Å²) in [6.07, 6.45) is 5.07. The lowest BCUT2D eigenvalue weighted by Crippen LogP contribution is -2.51. The van der Waals surface area contributed by atoms with Crippen molar-refractivity contribution < 1.29 is 14.3 Å². The van der Waals surface area contributed by atoms with E-state index in [1.807, 2.05) is 11.0 Å². The van der Waals surface area contributed by atoms with Crippen LogP contribution in [0.1, 0.15) is 12.8 Å². The van der Waals surface area contributed by atoms with Crippen molar-refractivity contribution in [2.75, 3.05) is 69.2 Å². The summed E-state index contributed by atoms with van der Waals surface area (Å²) in [5.41, 5.74) is 4.56. The number of ether oxygens (including phenoxy) is 2. The summed E-state index contributed by atoms with van der Waals surface area (Å²) in [5.74, 6) is 0.861. The topological polar surface area (TPSA) is 105 Å². The fourth-order valence-corrected chi connectivity index (χ4v) is 5.21. The van der Waals surface area contributed by atoms with Gasteiger partial charge in [-0.05, 0) is 31.0 Å². The summed E-state index contributed by atoms with van der Waals surface area (Å²) in [4.78, 5) is 30.9. The number of pyridine rings is 1. The number of fused-ring (bicyclic) bond motifs is 1. The molecule has 6 rings (SSSR count). The molecule has 10 heteroatoms. The first-order chi connectivity index (χ1) is 18.2. The molecule has 194 valence electrons. The maximum Gasteiger partial charge on any atom is 0.251 e. The Labute approximate surface area is 216 Å². The number of aromatic nitrogens is 3. The van der Waals surface area contributed by atoms with Crippen LogP contribution >= 0.6 is 0 Å². The summed E-state index contributed by atoms with van der Waals surface area (Å²) >= 11 is 0. The van der Waals surface area contributed by atoms with E-state index in [9.17, 15) is 4.79 Å². The van der Waals surface area contributed by atoms with Crippen molar-refractivity contribution in [3.05, 3.63) is 42.7 Å². The van der Waals surface area contributed by atoms with E-state index < -0.39 is 0 Å². The number of piperazine rings is 1. The number of carbonyl (C=O) groups is 1. The minimum absolute atomic E-state index is 0.0895. The summed E-state index contributed by atoms with van der Waals surface area (Å²) < 4.78 is 11.4. The molecule has 0 bridgehead atoms. The molecule has 3 fully saturated rings. The van der Waals surface area contributed by atoms with Gasteiger partial charge in [0.25, 0.3) is 5.91 Å². The number of benzene rings is 1. The Morgan fingerprint density at radius 1 is 1.05 bits per heavy atom. The van der Waals surface area contributed by atoms with E-state index in [2.05, 4.69) is 49.8 Å². The van der Waals surface area contributed by atoms with Crippen molar-refractivity contribution in [3.8, 4) is 11.3 Å². The molecule has 3 aromatic rings. The van der Waals surface area contributed by atoms with Gasteiger partial charge in [-0.3, -0.25) is 9.78 Å². The van der Waals surface area contributed by atoms with Gasteiger partial charge in [0, 0.05) is 76.1 Å². The smallest absolute Gasteiger partial charge is 0.251 e. The van der Waals surface area contributed by atoms with Gasteiger partial charge < -0.3 is 29.9 Å². The summed E-state index contributed by atoms with van der Waals surface area (Å²) in [7, 11) is 0. The zero-order valence-corrected chi connectivity index (χ0v) is 20.9. The molecule has 1 aromatic carbocycles. The summed E-state index contributed by atoms with van der Waals surface area (Å²) in [6, 6.07) is 10.4. The molecule has 3 saturated heterocycles. The molecule has 0 unspecified atom stereocenters. The zero-order valence-electron chi connectivity index (χ0n) is 20.9. The highest BCUT2D eigenvalue weighted by molar-refractivity contribution is 5.88. The monoisotopic (exact) mass is 503 g/mol. The lowest BCUT2D eigenvalue weighted by molar-refractivity contribution is -0.141. The van der Waals surface area contributed by atoms with Crippen LogP contribution in [0.5, 0.6) is 0 Å². The number of amides is 1. The molecule has 5 heterocycles. The number of hydrogen-bond acceptors (Lipinski definition) is 9. The molecule has 2 N–H and O–H groups in total. The van der Waals surface area contributed by atoms with Crippen molar-refractivity contribution in [3.63, 3.8) is 0 Å². The van der Waals surface area contributed by atoms with E-state index in [1.165, 1.54) is 0 Å². The molecule has 2 aromatic heterocycles. The van der Waals surface area contributed by atoms with Gasteiger partial charge in [-0.1, -0.05) is 12.1 Å². The fourth-order valence-electron chi connectivity index (χ4n) is 5.21. The molecule has 2 atom stereocenters. The first kappa shape index (κ1) is 24.0. The van der Waals surface area contributed by atoms with Crippen molar-refractivity contribution in [1.82, 2.24) is 25.2 Å². The molecule has 10 nitrogen and oxygen atoms in total. The molecule has 0 spiro atoms. The van der Waals surface area contributed by atoms with E-state index in [1.54, 1.807) is 12.4 Å². The van der Waals surface area contributed by atoms with Gasteiger partial charge in [-0.15, -0.1) is 0 Å². The Bertz CT molecular complexity index is 1220. The van der Waals surface area contributed by atoms with Gasteiger partial charge in [0.1, 0.15) is 11.6 Å². The number of nitrogens with one attached hydrogen (secondary N) is 2. The van der Waals surface area contributed by atoms with Crippen molar-refractivity contribution in [1.29, 1.82) is 0 Å². The Hall–Kier alpha value is -3.34. The lowest BCUT2D eigenvalue weighted by atomic mass is 10.1. The van der Waals surface area contributed by atoms with Gasteiger partial charge in [0.2, 0.25) is 0 Å². The highest BCUT2D eigenvalue weighted by Crippen LogP contribution is 2.28. The molecular formula is C27H33N7O3. The molecule has 0 saturated carbocycles. The molecule has 37 heavy (non-hydrogen) atoms. The van der Waals surface area contributed by atoms with Crippen molar-refractivity contribution in [2.24, 2.45) is 0 Å². The maximum atomic E-state index is 12.7. The standard InChI is InChI=1S/C27H33N7O3/c35-27(24-2-1-14-37-24)34-12-10-33(11-13-34)20-5-3-19(4-6-20)22-16-23-25(30-8-7-29-23)26(32-22)31-18-21-17-28-9-15-36-21/h3-8,16,21,24,28H,1-2,9-15,17-18H2,(H,31,32)/t21-,24-/m0/s1. The largest absolute Gasteiger partial charge is 0.374 e. The average Bonchev–Trinajstić information content (AvgIpc) is 3.51. The van der Waals surface area contributed by atoms with Crippen molar-refractivity contribution in [2.45, 2.75) is 25.0 Å². The van der Waals surface area contributed by atoms with Gasteiger partial charge in [0.05, 0.1) is 23.9 Å². The van der Waals surface area contributed by atoms with Crippen LogP contribution in [0, 0.1) is 0 Å². The van der Waals surface area contributed by atoms with E-state index in [0.717, 1.165) is 80.1 Å². The third kappa shape index (κ3) is 5.36. The van der Waals surface area contributed by atoms with E-state index in [0.29, 0.717) is 25.6 Å². The van der Waals surface area contributed by atoms with E-state index in [-0.39, 0.29) is 18.1 Å². The predicted octanol–water partition coefficient (Wildman–Crippen LogP) is 1.92. The average molecular weight is 504 g/mol. The zero-order chi connectivity index (χ0) is 25.0. The third-order valence-electron chi connectivity index (χ3n) is 7.28. The second kappa shape index (κ2) is 11.0. The molecule has 0 aliphatic carbocycles. The van der Waals surface area contributed by atoms with Crippen LogP contribution in [0.4, 0.5) is 11.5 Å². The van der Waals surface area contributed by atoms with E-state index in [4.69, 9.17) is 14.5 Å². The number of anilines is 2. The number of hydrogen-bond donors (Lipinski definition) is 2. The van der Waals surface area contributed by atoms with Gasteiger partial charge in [-0.25, -0.2) is 9.97 Å². The molecule has 3 aliphatic rings. The Kier molecular flexibility index (Phi) is 7.11. The highest BCUT2D eigenvalue weighted by atomic mass is 16.5. The van der Waals surface area contributed by atoms with Crippen LogP contribution in [-0.4, -0.2) is 97.0 Å². The number of carbonyl (C=O) groups excluding carboxylic acids is 1. The van der Waals surface area contributed by atoms with Crippen LogP contribution in [0.3, 0.4) is 0 Å². The van der Waals surface area contributed by atoms with Gasteiger partial charge in [0.15, 0.2) is 5.82 Å². The van der Waals surface area contributed by atoms with Gasteiger partial charge >= 0.3 is 0 Å². The minimum atomic E-state index is -0.240. The molecular weight excluding hydrogens is 470 g/mol. The Morgan fingerprint density at radius 2 is 1.89 bits per heavy atom. The normalized spacial score (nSPS) is 22.4. The molecule has 3 aliphatic heterocycles. The highest BCUT2D eigenvalue weighted by Gasteiger charge is 2.30. The number of morpholine rings is 1. The molecule has 1 amide bonds. The Balaban J connectivity index is 1.14. The summed E-state index contributed by atoms with van der Waals surface area (Å²) in [6.45, 7) is 6.84. The first-order valence-corrected chi connectivity index (χ1v) is 13.2. The fraction of sp³-hybridized carbons (Fsp3) is 0.481. The minimum Gasteiger partial charge on any atom is -0.374 e. The number of nitrogens with zero attached hydrogens (tertiary/aromatic N) is 5. The predicted molar refractivity (Wildman–Crippen MR) is 142 cm³/mol.